The van der Waals surface area contributed by atoms with Crippen molar-refractivity contribution in [2.24, 2.45) is 0 Å². The highest BCUT2D eigenvalue weighted by Gasteiger charge is 2.31. The van der Waals surface area contributed by atoms with Gasteiger partial charge in [-0.2, -0.15) is 13.2 Å². The minimum atomic E-state index is -4.34. The molecule has 1 N–H and O–H groups in total. The molecule has 0 saturated carbocycles. The summed E-state index contributed by atoms with van der Waals surface area (Å²) in [4.78, 5) is 11.0. The van der Waals surface area contributed by atoms with Crippen LogP contribution >= 0.6 is 15.9 Å². The Morgan fingerprint density at radius 2 is 1.94 bits per heavy atom. The number of hydrogen-bond acceptors (Lipinski definition) is 1. The second-order valence-corrected chi connectivity index (χ2v) is 4.42. The second-order valence-electron chi connectivity index (χ2n) is 3.57. The molecule has 94 valence electrons. The molecule has 1 aromatic rings. The summed E-state index contributed by atoms with van der Waals surface area (Å²) in [6, 6.07) is 6.40. The van der Waals surface area contributed by atoms with Crippen molar-refractivity contribution in [2.75, 3.05) is 0 Å². The van der Waals surface area contributed by atoms with Crippen LogP contribution in [0.5, 0.6) is 0 Å². The van der Waals surface area contributed by atoms with Gasteiger partial charge in [0.05, 0.1) is 5.92 Å². The number of carbonyl (C=O) groups is 1. The lowest BCUT2D eigenvalue weighted by Crippen LogP contribution is -2.16. The zero-order valence-corrected chi connectivity index (χ0v) is 10.3. The van der Waals surface area contributed by atoms with E-state index in [1.165, 1.54) is 6.07 Å². The van der Waals surface area contributed by atoms with Crippen molar-refractivity contribution in [3.05, 3.63) is 34.3 Å². The third-order valence-corrected chi connectivity index (χ3v) is 3.02. The van der Waals surface area contributed by atoms with Crippen LogP contribution in [0.25, 0.3) is 0 Å². The van der Waals surface area contributed by atoms with Crippen LogP contribution in [0.1, 0.15) is 24.3 Å². The van der Waals surface area contributed by atoms with Crippen LogP contribution < -0.4 is 0 Å². The highest BCUT2D eigenvalue weighted by Crippen LogP contribution is 2.32. The highest BCUT2D eigenvalue weighted by molar-refractivity contribution is 9.10. The first-order valence-electron chi connectivity index (χ1n) is 4.85. The van der Waals surface area contributed by atoms with Crippen molar-refractivity contribution in [2.45, 2.75) is 24.9 Å². The van der Waals surface area contributed by atoms with Crippen molar-refractivity contribution in [3.63, 3.8) is 0 Å². The Morgan fingerprint density at radius 3 is 2.41 bits per heavy atom. The van der Waals surface area contributed by atoms with Gasteiger partial charge >= 0.3 is 12.1 Å². The van der Waals surface area contributed by atoms with Gasteiger partial charge in [-0.1, -0.05) is 34.1 Å². The standard InChI is InChI=1S/C11H10BrF3O2/c12-9-4-2-1-3-7(9)8(10(16)17)5-6-11(13,14)15/h1-4,8H,5-6H2,(H,16,17). The Bertz CT molecular complexity index is 404. The van der Waals surface area contributed by atoms with E-state index in [9.17, 15) is 18.0 Å². The third kappa shape index (κ3) is 4.38. The topological polar surface area (TPSA) is 37.3 Å². The summed E-state index contributed by atoms with van der Waals surface area (Å²) in [5.41, 5.74) is 0.365. The van der Waals surface area contributed by atoms with E-state index < -0.39 is 30.9 Å². The second kappa shape index (κ2) is 5.53. The lowest BCUT2D eigenvalue weighted by atomic mass is 9.94. The van der Waals surface area contributed by atoms with Crippen molar-refractivity contribution in [1.82, 2.24) is 0 Å². The summed E-state index contributed by atoms with van der Waals surface area (Å²) in [6.45, 7) is 0. The molecule has 0 bridgehead atoms. The van der Waals surface area contributed by atoms with Gasteiger partial charge < -0.3 is 5.11 Å². The molecule has 0 aliphatic rings. The Kier molecular flexibility index (Phi) is 4.56. The molecular weight excluding hydrogens is 301 g/mol. The highest BCUT2D eigenvalue weighted by atomic mass is 79.9. The molecule has 0 aromatic heterocycles. The van der Waals surface area contributed by atoms with Crippen LogP contribution in [0.4, 0.5) is 13.2 Å². The molecule has 0 amide bonds. The third-order valence-electron chi connectivity index (χ3n) is 2.30. The molecule has 1 atom stereocenters. The number of alkyl halides is 3. The first-order valence-corrected chi connectivity index (χ1v) is 5.64. The Labute approximate surface area is 105 Å². The Morgan fingerprint density at radius 1 is 1.35 bits per heavy atom. The van der Waals surface area contributed by atoms with Gasteiger partial charge in [-0.05, 0) is 18.1 Å². The van der Waals surface area contributed by atoms with E-state index in [0.717, 1.165) is 0 Å². The normalized spacial score (nSPS) is 13.4. The first kappa shape index (κ1) is 14.0. The molecule has 0 aliphatic carbocycles. The molecule has 0 spiro atoms. The molecule has 0 radical (unpaired) electrons. The lowest BCUT2D eigenvalue weighted by Gasteiger charge is -2.15. The molecule has 17 heavy (non-hydrogen) atoms. The molecule has 1 rings (SSSR count). The number of halogens is 4. The molecule has 1 unspecified atom stereocenters. The van der Waals surface area contributed by atoms with E-state index in [4.69, 9.17) is 5.11 Å². The molecule has 1 aromatic carbocycles. The Balaban J connectivity index is 2.88. The fraction of sp³-hybridized carbons (Fsp3) is 0.364. The molecule has 0 aliphatic heterocycles. The predicted molar refractivity (Wildman–Crippen MR) is 59.8 cm³/mol. The number of aliphatic carboxylic acids is 1. The molecule has 0 fully saturated rings. The molecule has 6 heteroatoms. The number of carboxylic acid groups (broad SMARTS) is 1. The van der Waals surface area contributed by atoms with E-state index in [2.05, 4.69) is 15.9 Å². The van der Waals surface area contributed by atoms with E-state index in [1.807, 2.05) is 0 Å². The predicted octanol–water partition coefficient (Wildman–Crippen LogP) is 3.96. The van der Waals surface area contributed by atoms with Crippen LogP contribution in [0.15, 0.2) is 28.7 Å². The minimum absolute atomic E-state index is 0.365. The first-order chi connectivity index (χ1) is 7.81. The zero-order chi connectivity index (χ0) is 13.1. The molecule has 0 saturated heterocycles. The van der Waals surface area contributed by atoms with Gasteiger partial charge in [0.2, 0.25) is 0 Å². The number of carboxylic acids is 1. The average Bonchev–Trinajstić information content (AvgIpc) is 2.18. The average molecular weight is 311 g/mol. The number of rotatable bonds is 4. The SMILES string of the molecule is O=C(O)C(CCC(F)(F)F)c1ccccc1Br. The maximum atomic E-state index is 12.1. The maximum absolute atomic E-state index is 12.1. The quantitative estimate of drug-likeness (QED) is 0.914. The molecular formula is C11H10BrF3O2. The van der Waals surface area contributed by atoms with Crippen molar-refractivity contribution in [1.29, 1.82) is 0 Å². The zero-order valence-electron chi connectivity index (χ0n) is 8.67. The van der Waals surface area contributed by atoms with Gasteiger partial charge in [-0.3, -0.25) is 4.79 Å². The van der Waals surface area contributed by atoms with Crippen LogP contribution in [0.2, 0.25) is 0 Å². The number of hydrogen-bond donors (Lipinski definition) is 1. The Hall–Kier alpha value is -1.04. The van der Waals surface area contributed by atoms with E-state index in [1.54, 1.807) is 18.2 Å². The van der Waals surface area contributed by atoms with Gasteiger partial charge in [0.25, 0.3) is 0 Å². The maximum Gasteiger partial charge on any atom is 0.389 e. The van der Waals surface area contributed by atoms with Gasteiger partial charge in [0.15, 0.2) is 0 Å². The fourth-order valence-electron chi connectivity index (χ4n) is 1.48. The summed E-state index contributed by atoms with van der Waals surface area (Å²) in [6.07, 6.45) is -5.90. The van der Waals surface area contributed by atoms with Crippen LogP contribution in [-0.4, -0.2) is 17.3 Å². The van der Waals surface area contributed by atoms with Crippen molar-refractivity contribution >= 4 is 21.9 Å². The minimum Gasteiger partial charge on any atom is -0.481 e. The largest absolute Gasteiger partial charge is 0.481 e. The van der Waals surface area contributed by atoms with Crippen molar-refractivity contribution < 1.29 is 23.1 Å². The summed E-state index contributed by atoms with van der Waals surface area (Å²) in [5.74, 6) is -2.40. The summed E-state index contributed by atoms with van der Waals surface area (Å²) >= 11 is 3.14. The van der Waals surface area contributed by atoms with E-state index in [0.29, 0.717) is 10.0 Å². The lowest BCUT2D eigenvalue weighted by molar-refractivity contribution is -0.145. The smallest absolute Gasteiger partial charge is 0.389 e. The van der Waals surface area contributed by atoms with Gasteiger partial charge in [0, 0.05) is 10.9 Å². The number of benzene rings is 1. The monoisotopic (exact) mass is 310 g/mol. The van der Waals surface area contributed by atoms with Gasteiger partial charge in [0.1, 0.15) is 0 Å². The summed E-state index contributed by atoms with van der Waals surface area (Å²) < 4.78 is 36.8. The molecule has 2 nitrogen and oxygen atoms in total. The fourth-order valence-corrected chi connectivity index (χ4v) is 2.04. The van der Waals surface area contributed by atoms with Crippen LogP contribution in [-0.2, 0) is 4.79 Å². The summed E-state index contributed by atoms with van der Waals surface area (Å²) in [5, 5.41) is 8.96. The van der Waals surface area contributed by atoms with Gasteiger partial charge in [-0.15, -0.1) is 0 Å². The summed E-state index contributed by atoms with van der Waals surface area (Å²) in [7, 11) is 0. The van der Waals surface area contributed by atoms with Crippen LogP contribution in [0, 0.1) is 0 Å². The van der Waals surface area contributed by atoms with Gasteiger partial charge in [-0.25, -0.2) is 0 Å². The van der Waals surface area contributed by atoms with Crippen LogP contribution in [0.3, 0.4) is 0 Å². The van der Waals surface area contributed by atoms with E-state index >= 15 is 0 Å². The van der Waals surface area contributed by atoms with Crippen molar-refractivity contribution in [3.8, 4) is 0 Å². The van der Waals surface area contributed by atoms with E-state index in [-0.39, 0.29) is 0 Å². The molecule has 0 heterocycles.